The number of aryl methyl sites for hydroxylation is 2. The second-order valence-electron chi connectivity index (χ2n) is 6.44. The van der Waals surface area contributed by atoms with Crippen molar-refractivity contribution in [1.29, 1.82) is 0 Å². The lowest BCUT2D eigenvalue weighted by molar-refractivity contribution is 0.746. The van der Waals surface area contributed by atoms with Gasteiger partial charge in [-0.2, -0.15) is 0 Å². The van der Waals surface area contributed by atoms with E-state index in [0.29, 0.717) is 11.2 Å². The Morgan fingerprint density at radius 1 is 1.12 bits per heavy atom. The normalized spacial score (nSPS) is 11.2. The molecule has 0 amide bonds. The first-order valence-corrected chi connectivity index (χ1v) is 9.99. The molecule has 5 heteroatoms. The smallest absolute Gasteiger partial charge is 0.271 e. The summed E-state index contributed by atoms with van der Waals surface area (Å²) in [5, 5.41) is 2.02. The number of benzene rings is 2. The van der Waals surface area contributed by atoms with Crippen LogP contribution in [0.3, 0.4) is 0 Å². The Kier molecular flexibility index (Phi) is 4.51. The maximum Gasteiger partial charge on any atom is 0.271 e. The van der Waals surface area contributed by atoms with Crippen molar-refractivity contribution in [3.63, 3.8) is 0 Å². The zero-order valence-corrected chi connectivity index (χ0v) is 16.9. The van der Waals surface area contributed by atoms with Crippen LogP contribution in [-0.4, -0.2) is 9.55 Å². The first kappa shape index (κ1) is 17.2. The van der Waals surface area contributed by atoms with E-state index in [2.05, 4.69) is 53.0 Å². The second-order valence-corrected chi connectivity index (χ2v) is 8.24. The molecule has 2 heterocycles. The van der Waals surface area contributed by atoms with Gasteiger partial charge in [0.1, 0.15) is 4.70 Å². The Labute approximate surface area is 164 Å². The molecule has 0 unspecified atom stereocenters. The third-order valence-electron chi connectivity index (χ3n) is 4.54. The fourth-order valence-electron chi connectivity index (χ4n) is 3.10. The molecule has 0 atom stereocenters. The third kappa shape index (κ3) is 3.13. The molecule has 3 nitrogen and oxygen atoms in total. The maximum atomic E-state index is 12.9. The summed E-state index contributed by atoms with van der Waals surface area (Å²) in [6, 6.07) is 14.4. The highest BCUT2D eigenvalue weighted by Crippen LogP contribution is 2.31. The van der Waals surface area contributed by atoms with Gasteiger partial charge in [0.15, 0.2) is 0 Å². The molecule has 0 N–H and O–H groups in total. The van der Waals surface area contributed by atoms with E-state index in [9.17, 15) is 4.79 Å². The number of nitrogens with zero attached hydrogens (tertiary/aromatic N) is 2. The maximum absolute atomic E-state index is 12.9. The molecule has 26 heavy (non-hydrogen) atoms. The molecule has 0 aliphatic rings. The Balaban J connectivity index is 1.76. The molecule has 4 rings (SSSR count). The minimum Gasteiger partial charge on any atom is -0.294 e. The van der Waals surface area contributed by atoms with Gasteiger partial charge in [0.2, 0.25) is 0 Å². The summed E-state index contributed by atoms with van der Waals surface area (Å²) in [5.74, 6) is 0. The first-order chi connectivity index (χ1) is 12.5. The van der Waals surface area contributed by atoms with Gasteiger partial charge in [0, 0.05) is 15.4 Å². The number of aromatic nitrogens is 2. The highest BCUT2D eigenvalue weighted by atomic mass is 79.9. The van der Waals surface area contributed by atoms with Crippen LogP contribution in [0.25, 0.3) is 21.3 Å². The van der Waals surface area contributed by atoms with Crippen LogP contribution in [0.4, 0.5) is 0 Å². The minimum atomic E-state index is 0.0170. The van der Waals surface area contributed by atoms with Crippen molar-refractivity contribution in [3.8, 4) is 11.1 Å². The average Bonchev–Trinajstić information content (AvgIpc) is 3.05. The topological polar surface area (TPSA) is 34.9 Å². The Bertz CT molecular complexity index is 1160. The summed E-state index contributed by atoms with van der Waals surface area (Å²) in [7, 11) is 0. The molecule has 4 aromatic rings. The summed E-state index contributed by atoms with van der Waals surface area (Å²) in [5.41, 5.74) is 6.43. The average molecular weight is 425 g/mol. The molecular formula is C21H17BrN2OS. The molecular weight excluding hydrogens is 408 g/mol. The van der Waals surface area contributed by atoms with Gasteiger partial charge in [-0.05, 0) is 42.7 Å². The lowest BCUT2D eigenvalue weighted by atomic mass is 10.1. The molecule has 0 aliphatic carbocycles. The number of fused-ring (bicyclic) bond motifs is 1. The van der Waals surface area contributed by atoms with E-state index in [4.69, 9.17) is 0 Å². The van der Waals surface area contributed by atoms with Crippen LogP contribution in [0.15, 0.2) is 63.4 Å². The van der Waals surface area contributed by atoms with Gasteiger partial charge in [-0.15, -0.1) is 11.3 Å². The van der Waals surface area contributed by atoms with Crippen molar-refractivity contribution < 1.29 is 0 Å². The van der Waals surface area contributed by atoms with Crippen molar-refractivity contribution in [2.75, 3.05) is 0 Å². The van der Waals surface area contributed by atoms with E-state index in [1.54, 1.807) is 10.9 Å². The number of hydrogen-bond donors (Lipinski definition) is 0. The Morgan fingerprint density at radius 2 is 1.88 bits per heavy atom. The van der Waals surface area contributed by atoms with Crippen molar-refractivity contribution in [3.05, 3.63) is 85.7 Å². The van der Waals surface area contributed by atoms with E-state index >= 15 is 0 Å². The summed E-state index contributed by atoms with van der Waals surface area (Å²) < 4.78 is 3.43. The zero-order chi connectivity index (χ0) is 18.3. The van der Waals surface area contributed by atoms with E-state index in [0.717, 1.165) is 26.7 Å². The molecule has 0 fully saturated rings. The van der Waals surface area contributed by atoms with Crippen LogP contribution < -0.4 is 5.56 Å². The van der Waals surface area contributed by atoms with Gasteiger partial charge in [0.05, 0.1) is 18.4 Å². The monoisotopic (exact) mass is 424 g/mol. The van der Waals surface area contributed by atoms with Crippen LogP contribution in [-0.2, 0) is 6.54 Å². The quantitative estimate of drug-likeness (QED) is 0.431. The largest absolute Gasteiger partial charge is 0.294 e. The molecule has 0 spiro atoms. The van der Waals surface area contributed by atoms with Crippen LogP contribution in [0, 0.1) is 13.8 Å². The van der Waals surface area contributed by atoms with Gasteiger partial charge < -0.3 is 0 Å². The molecule has 0 saturated carbocycles. The van der Waals surface area contributed by atoms with E-state index in [1.165, 1.54) is 22.5 Å². The van der Waals surface area contributed by atoms with E-state index in [-0.39, 0.29) is 5.56 Å². The standard InChI is InChI=1S/C21H17BrN2OS/c1-13-3-4-16(14(2)9-13)10-24-12-23-19-18(11-26-20(19)21(24)25)15-5-7-17(22)8-6-15/h3-9,11-12H,10H2,1-2H3. The second kappa shape index (κ2) is 6.82. The summed E-state index contributed by atoms with van der Waals surface area (Å²) in [6.07, 6.45) is 1.67. The van der Waals surface area contributed by atoms with Gasteiger partial charge in [0.25, 0.3) is 5.56 Å². The predicted octanol–water partition coefficient (Wildman–Crippen LogP) is 5.55. The summed E-state index contributed by atoms with van der Waals surface area (Å²) in [4.78, 5) is 17.5. The first-order valence-electron chi connectivity index (χ1n) is 8.31. The molecule has 0 saturated heterocycles. The van der Waals surface area contributed by atoms with Crippen LogP contribution >= 0.6 is 27.3 Å². The van der Waals surface area contributed by atoms with E-state index in [1.807, 2.05) is 29.6 Å². The molecule has 0 radical (unpaired) electrons. The fourth-order valence-corrected chi connectivity index (χ4v) is 4.34. The number of thiophene rings is 1. The third-order valence-corrected chi connectivity index (χ3v) is 6.03. The predicted molar refractivity (Wildman–Crippen MR) is 112 cm³/mol. The van der Waals surface area contributed by atoms with Crippen LogP contribution in [0.2, 0.25) is 0 Å². The number of hydrogen-bond acceptors (Lipinski definition) is 3. The number of rotatable bonds is 3. The lowest BCUT2D eigenvalue weighted by Crippen LogP contribution is -2.20. The zero-order valence-electron chi connectivity index (χ0n) is 14.5. The van der Waals surface area contributed by atoms with Crippen molar-refractivity contribution >= 4 is 37.5 Å². The van der Waals surface area contributed by atoms with Gasteiger partial charge in [-0.1, -0.05) is 51.8 Å². The van der Waals surface area contributed by atoms with Gasteiger partial charge in [-0.25, -0.2) is 4.98 Å². The van der Waals surface area contributed by atoms with Gasteiger partial charge in [-0.3, -0.25) is 9.36 Å². The molecule has 2 aromatic carbocycles. The highest BCUT2D eigenvalue weighted by molar-refractivity contribution is 9.10. The minimum absolute atomic E-state index is 0.0170. The summed E-state index contributed by atoms with van der Waals surface area (Å²) >= 11 is 4.92. The molecule has 2 aromatic heterocycles. The van der Waals surface area contributed by atoms with Crippen LogP contribution in [0.5, 0.6) is 0 Å². The number of halogens is 1. The Hall–Kier alpha value is -2.24. The molecule has 0 aliphatic heterocycles. The molecule has 0 bridgehead atoms. The van der Waals surface area contributed by atoms with Crippen LogP contribution in [0.1, 0.15) is 16.7 Å². The summed E-state index contributed by atoms with van der Waals surface area (Å²) in [6.45, 7) is 4.70. The lowest BCUT2D eigenvalue weighted by Gasteiger charge is -2.09. The van der Waals surface area contributed by atoms with Gasteiger partial charge >= 0.3 is 0 Å². The Morgan fingerprint density at radius 3 is 2.62 bits per heavy atom. The van der Waals surface area contributed by atoms with E-state index < -0.39 is 0 Å². The van der Waals surface area contributed by atoms with Crippen molar-refractivity contribution in [1.82, 2.24) is 9.55 Å². The highest BCUT2D eigenvalue weighted by Gasteiger charge is 2.13. The van der Waals surface area contributed by atoms with Crippen molar-refractivity contribution in [2.45, 2.75) is 20.4 Å². The molecule has 130 valence electrons. The van der Waals surface area contributed by atoms with Crippen molar-refractivity contribution in [2.24, 2.45) is 0 Å². The SMILES string of the molecule is Cc1ccc(Cn2cnc3c(-c4ccc(Br)cc4)csc3c2=O)c(C)c1. The fraction of sp³-hybridized carbons (Fsp3) is 0.143.